The number of nitrogens with one attached hydrogen (secondary N) is 2. The van der Waals surface area contributed by atoms with Crippen LogP contribution in [0.5, 0.6) is 0 Å². The van der Waals surface area contributed by atoms with Gasteiger partial charge in [-0.15, -0.1) is 6.58 Å². The second-order valence-corrected chi connectivity index (χ2v) is 3.61. The fourth-order valence-corrected chi connectivity index (χ4v) is 1.72. The van der Waals surface area contributed by atoms with Gasteiger partial charge in [-0.1, -0.05) is 17.7 Å². The van der Waals surface area contributed by atoms with Crippen LogP contribution in [0.3, 0.4) is 0 Å². The SMILES string of the molecule is C=CCC1(/C(C)=C/C)C(=O)NC(=O)NC1=O.[Na+]. The van der Waals surface area contributed by atoms with Crippen molar-refractivity contribution >= 4 is 17.8 Å². The van der Waals surface area contributed by atoms with Crippen molar-refractivity contribution in [2.45, 2.75) is 20.3 Å². The second-order valence-electron chi connectivity index (χ2n) is 3.61. The summed E-state index contributed by atoms with van der Waals surface area (Å²) >= 11 is 0. The summed E-state index contributed by atoms with van der Waals surface area (Å²) in [6, 6.07) is -0.779. The van der Waals surface area contributed by atoms with Crippen LogP contribution in [0.1, 0.15) is 20.3 Å². The number of hydrogen-bond acceptors (Lipinski definition) is 3. The number of hydrogen-bond donors (Lipinski definition) is 2. The fourth-order valence-electron chi connectivity index (χ4n) is 1.72. The summed E-state index contributed by atoms with van der Waals surface area (Å²) in [6.45, 7) is 6.94. The summed E-state index contributed by atoms with van der Waals surface area (Å²) < 4.78 is 0. The van der Waals surface area contributed by atoms with Crippen molar-refractivity contribution in [1.82, 2.24) is 10.6 Å². The first-order valence-electron chi connectivity index (χ1n) is 4.90. The zero-order valence-corrected chi connectivity index (χ0v) is 12.3. The van der Waals surface area contributed by atoms with E-state index in [-0.39, 0.29) is 36.0 Å². The van der Waals surface area contributed by atoms with E-state index in [2.05, 4.69) is 17.2 Å². The Hall–Kier alpha value is -0.910. The summed E-state index contributed by atoms with van der Waals surface area (Å²) in [5, 5.41) is 4.20. The molecule has 6 heteroatoms. The Kier molecular flexibility index (Phi) is 5.81. The molecule has 17 heavy (non-hydrogen) atoms. The first-order chi connectivity index (χ1) is 7.48. The van der Waals surface area contributed by atoms with Gasteiger partial charge in [-0.3, -0.25) is 20.2 Å². The smallest absolute Gasteiger partial charge is 0.277 e. The molecule has 0 unspecified atom stereocenters. The molecule has 0 saturated carbocycles. The van der Waals surface area contributed by atoms with Gasteiger partial charge >= 0.3 is 35.6 Å². The monoisotopic (exact) mass is 245 g/mol. The molecule has 1 fully saturated rings. The second kappa shape index (κ2) is 6.14. The Balaban J connectivity index is 0.00000256. The third-order valence-electron chi connectivity index (χ3n) is 2.79. The van der Waals surface area contributed by atoms with Gasteiger partial charge in [-0.25, -0.2) is 4.79 Å². The van der Waals surface area contributed by atoms with Gasteiger partial charge in [0.2, 0.25) is 11.8 Å². The van der Waals surface area contributed by atoms with E-state index in [1.54, 1.807) is 19.9 Å². The molecule has 0 aromatic heterocycles. The Morgan fingerprint density at radius 1 is 1.29 bits per heavy atom. The van der Waals surface area contributed by atoms with E-state index < -0.39 is 23.3 Å². The van der Waals surface area contributed by atoms with Gasteiger partial charge in [-0.05, 0) is 20.3 Å². The molecule has 0 radical (unpaired) electrons. The van der Waals surface area contributed by atoms with Gasteiger partial charge in [0.25, 0.3) is 0 Å². The predicted molar refractivity (Wildman–Crippen MR) is 58.4 cm³/mol. The number of imide groups is 2. The standard InChI is InChI=1S/C11H14N2O3.Na/c1-4-6-11(7(3)5-2)8(14)12-10(16)13-9(11)15;/h4-5H,1,6H2,2-3H3,(H2,12,13,14,15,16);/q;+1/b7-5+;. The molecule has 0 aromatic rings. The van der Waals surface area contributed by atoms with Gasteiger partial charge in [0.15, 0.2) is 5.41 Å². The van der Waals surface area contributed by atoms with Crippen LogP contribution >= 0.6 is 0 Å². The minimum Gasteiger partial charge on any atom is -0.277 e. The van der Waals surface area contributed by atoms with Crippen LogP contribution in [0.15, 0.2) is 24.3 Å². The summed E-state index contributed by atoms with van der Waals surface area (Å²) in [5.74, 6) is -1.20. The quantitative estimate of drug-likeness (QED) is 0.339. The number of amides is 4. The summed E-state index contributed by atoms with van der Waals surface area (Å²) in [6.07, 6.45) is 3.33. The van der Waals surface area contributed by atoms with Crippen LogP contribution in [0.25, 0.3) is 0 Å². The summed E-state index contributed by atoms with van der Waals surface area (Å²) in [4.78, 5) is 34.7. The van der Waals surface area contributed by atoms with Crippen molar-refractivity contribution in [2.24, 2.45) is 5.41 Å². The molecule has 1 saturated heterocycles. The first kappa shape index (κ1) is 16.1. The maximum atomic E-state index is 11.8. The van der Waals surface area contributed by atoms with Crippen LogP contribution in [-0.2, 0) is 9.59 Å². The molecule has 0 aliphatic carbocycles. The topological polar surface area (TPSA) is 75.3 Å². The van der Waals surface area contributed by atoms with Crippen molar-refractivity contribution in [1.29, 1.82) is 0 Å². The van der Waals surface area contributed by atoms with Crippen LogP contribution in [0.4, 0.5) is 4.79 Å². The molecule has 1 heterocycles. The van der Waals surface area contributed by atoms with Crippen LogP contribution in [0, 0.1) is 5.41 Å². The van der Waals surface area contributed by atoms with E-state index in [9.17, 15) is 14.4 Å². The maximum absolute atomic E-state index is 11.8. The van der Waals surface area contributed by atoms with Gasteiger partial charge < -0.3 is 0 Å². The number of urea groups is 1. The van der Waals surface area contributed by atoms with Crippen molar-refractivity contribution < 1.29 is 43.9 Å². The normalized spacial score (nSPS) is 18.9. The molecule has 5 nitrogen and oxygen atoms in total. The van der Waals surface area contributed by atoms with E-state index in [0.29, 0.717) is 5.57 Å². The third-order valence-corrected chi connectivity index (χ3v) is 2.79. The molecule has 0 atom stereocenters. The largest absolute Gasteiger partial charge is 1.00 e. The van der Waals surface area contributed by atoms with Crippen molar-refractivity contribution in [2.75, 3.05) is 0 Å². The van der Waals surface area contributed by atoms with Gasteiger partial charge in [0.05, 0.1) is 0 Å². The zero-order chi connectivity index (χ0) is 12.3. The molecule has 4 amide bonds. The third kappa shape index (κ3) is 2.68. The molecular weight excluding hydrogens is 231 g/mol. The molecule has 0 bridgehead atoms. The average Bonchev–Trinajstić information content (AvgIpc) is 2.22. The Morgan fingerprint density at radius 3 is 2.12 bits per heavy atom. The number of carbonyl (C=O) groups is 3. The first-order valence-corrected chi connectivity index (χ1v) is 4.90. The van der Waals surface area contributed by atoms with Crippen LogP contribution in [-0.4, -0.2) is 17.8 Å². The number of allylic oxidation sites excluding steroid dienone is 2. The van der Waals surface area contributed by atoms with Crippen LogP contribution < -0.4 is 40.2 Å². The summed E-state index contributed by atoms with van der Waals surface area (Å²) in [5.41, 5.74) is -0.750. The zero-order valence-electron chi connectivity index (χ0n) is 10.3. The molecular formula is C11H14N2NaO3+. The minimum absolute atomic E-state index is 0. The van der Waals surface area contributed by atoms with Crippen LogP contribution in [0.2, 0.25) is 0 Å². The van der Waals surface area contributed by atoms with Crippen molar-refractivity contribution in [3.05, 3.63) is 24.3 Å². The van der Waals surface area contributed by atoms with E-state index in [4.69, 9.17) is 0 Å². The maximum Gasteiger partial charge on any atom is 1.00 e. The van der Waals surface area contributed by atoms with Gasteiger partial charge in [-0.2, -0.15) is 0 Å². The Bertz CT molecular complexity index is 382. The molecule has 1 aliphatic heterocycles. The average molecular weight is 245 g/mol. The Morgan fingerprint density at radius 2 is 1.76 bits per heavy atom. The summed E-state index contributed by atoms with van der Waals surface area (Å²) in [7, 11) is 0. The molecule has 86 valence electrons. The minimum atomic E-state index is -1.34. The number of barbiturate groups is 1. The molecule has 2 N–H and O–H groups in total. The number of rotatable bonds is 3. The van der Waals surface area contributed by atoms with E-state index in [1.165, 1.54) is 6.08 Å². The van der Waals surface area contributed by atoms with E-state index >= 15 is 0 Å². The van der Waals surface area contributed by atoms with Gasteiger partial charge in [0, 0.05) is 0 Å². The van der Waals surface area contributed by atoms with E-state index in [0.717, 1.165) is 0 Å². The molecule has 0 spiro atoms. The Labute approximate surface area is 122 Å². The van der Waals surface area contributed by atoms with Gasteiger partial charge in [0.1, 0.15) is 0 Å². The molecule has 1 rings (SSSR count). The van der Waals surface area contributed by atoms with E-state index in [1.807, 2.05) is 0 Å². The fraction of sp³-hybridized carbons (Fsp3) is 0.364. The van der Waals surface area contributed by atoms with Crippen molar-refractivity contribution in [3.8, 4) is 0 Å². The predicted octanol–water partition coefficient (Wildman–Crippen LogP) is -2.11. The van der Waals surface area contributed by atoms with Crippen molar-refractivity contribution in [3.63, 3.8) is 0 Å². The number of carbonyl (C=O) groups excluding carboxylic acids is 3. The molecule has 0 aromatic carbocycles. The molecule has 1 aliphatic rings.